The van der Waals surface area contributed by atoms with Gasteiger partial charge in [0.15, 0.2) is 0 Å². The maximum Gasteiger partial charge on any atom is 0.308 e. The lowest BCUT2D eigenvalue weighted by Gasteiger charge is -2.44. The highest BCUT2D eigenvalue weighted by Crippen LogP contribution is 2.53. The molecule has 0 aliphatic heterocycles. The molecule has 0 aliphatic rings. The first-order valence-electron chi connectivity index (χ1n) is 9.43. The standard InChI is InChI=1S/C20H32N2O7S/c1-20(2,3)30(5,6)29-13-16(11-15(12-28-4)19(24)25)21-18(23)14-7-9-17(10-8-14)22(26)27/h7-10,15-16H,11-13H2,1-6H3,(H,21,23)(H,24,25)/t15-,16+/m1/s1. The highest BCUT2D eigenvalue weighted by Gasteiger charge is 2.31. The van der Waals surface area contributed by atoms with Gasteiger partial charge in [-0.3, -0.25) is 19.7 Å². The summed E-state index contributed by atoms with van der Waals surface area (Å²) in [6.07, 6.45) is 4.17. The number of benzene rings is 1. The van der Waals surface area contributed by atoms with E-state index in [1.54, 1.807) is 0 Å². The number of carboxylic acid groups (broad SMARTS) is 1. The first-order chi connectivity index (χ1) is 13.8. The zero-order valence-corrected chi connectivity index (χ0v) is 19.2. The number of carbonyl (C=O) groups is 2. The summed E-state index contributed by atoms with van der Waals surface area (Å²) in [5.74, 6) is -2.29. The van der Waals surface area contributed by atoms with Crippen molar-refractivity contribution in [3.05, 3.63) is 39.9 Å². The number of nitro groups is 1. The number of nitro benzene ring substituents is 1. The lowest BCUT2D eigenvalue weighted by molar-refractivity contribution is -0.384. The first kappa shape index (κ1) is 25.9. The van der Waals surface area contributed by atoms with E-state index < -0.39 is 39.1 Å². The van der Waals surface area contributed by atoms with Crippen LogP contribution in [0.4, 0.5) is 5.69 Å². The van der Waals surface area contributed by atoms with Crippen LogP contribution in [0.5, 0.6) is 0 Å². The molecular formula is C20H32N2O7S. The van der Waals surface area contributed by atoms with Gasteiger partial charge >= 0.3 is 5.97 Å². The molecule has 0 fully saturated rings. The number of carbonyl (C=O) groups excluding carboxylic acids is 1. The third-order valence-corrected chi connectivity index (χ3v) is 8.68. The minimum absolute atomic E-state index is 0.00869. The highest BCUT2D eigenvalue weighted by atomic mass is 32.3. The number of rotatable bonds is 11. The Balaban J connectivity index is 2.99. The lowest BCUT2D eigenvalue weighted by Crippen LogP contribution is -2.42. The predicted molar refractivity (Wildman–Crippen MR) is 117 cm³/mol. The van der Waals surface area contributed by atoms with Crippen molar-refractivity contribution in [2.45, 2.75) is 38.0 Å². The quantitative estimate of drug-likeness (QED) is 0.396. The molecule has 1 rings (SSSR count). The molecule has 1 aromatic rings. The van der Waals surface area contributed by atoms with Gasteiger partial charge < -0.3 is 19.3 Å². The van der Waals surface area contributed by atoms with Crippen molar-refractivity contribution in [2.75, 3.05) is 32.8 Å². The molecule has 0 aliphatic carbocycles. The van der Waals surface area contributed by atoms with Crippen LogP contribution in [-0.4, -0.2) is 65.5 Å². The van der Waals surface area contributed by atoms with Crippen LogP contribution < -0.4 is 5.32 Å². The number of aliphatic carboxylic acids is 1. The van der Waals surface area contributed by atoms with E-state index >= 15 is 0 Å². The molecule has 170 valence electrons. The number of nitrogens with zero attached hydrogens (tertiary/aromatic N) is 1. The maximum atomic E-state index is 12.7. The van der Waals surface area contributed by atoms with Crippen LogP contribution in [0.2, 0.25) is 0 Å². The molecule has 2 N–H and O–H groups in total. The van der Waals surface area contributed by atoms with Crippen molar-refractivity contribution in [3.63, 3.8) is 0 Å². The third kappa shape index (κ3) is 7.58. The number of carboxylic acids is 1. The average Bonchev–Trinajstić information content (AvgIpc) is 2.64. The van der Waals surface area contributed by atoms with Gasteiger partial charge in [0, 0.05) is 29.6 Å². The van der Waals surface area contributed by atoms with Crippen LogP contribution in [0, 0.1) is 16.0 Å². The zero-order chi connectivity index (χ0) is 23.1. The fourth-order valence-electron chi connectivity index (χ4n) is 2.39. The Bertz CT molecular complexity index is 745. The van der Waals surface area contributed by atoms with Gasteiger partial charge in [-0.1, -0.05) is 20.8 Å². The zero-order valence-electron chi connectivity index (χ0n) is 18.3. The Hall–Kier alpha value is -2.17. The van der Waals surface area contributed by atoms with Crippen molar-refractivity contribution in [1.29, 1.82) is 0 Å². The Labute approximate surface area is 178 Å². The predicted octanol–water partition coefficient (Wildman–Crippen LogP) is 3.22. The van der Waals surface area contributed by atoms with Crippen LogP contribution in [0.25, 0.3) is 0 Å². The molecule has 0 bridgehead atoms. The normalized spacial score (nSPS) is 14.6. The number of ether oxygens (including phenoxy) is 1. The van der Waals surface area contributed by atoms with Gasteiger partial charge in [0.2, 0.25) is 0 Å². The number of hydrogen-bond donors (Lipinski definition) is 2. The van der Waals surface area contributed by atoms with Crippen molar-refractivity contribution in [1.82, 2.24) is 5.32 Å². The molecule has 30 heavy (non-hydrogen) atoms. The Morgan fingerprint density at radius 3 is 2.20 bits per heavy atom. The van der Waals surface area contributed by atoms with Gasteiger partial charge in [0.1, 0.15) is 0 Å². The molecule has 0 unspecified atom stereocenters. The molecule has 0 heterocycles. The van der Waals surface area contributed by atoms with Gasteiger partial charge in [0.05, 0.1) is 30.1 Å². The fraction of sp³-hybridized carbons (Fsp3) is 0.600. The molecule has 9 nitrogen and oxygen atoms in total. The summed E-state index contributed by atoms with van der Waals surface area (Å²) < 4.78 is 11.0. The molecule has 1 aromatic carbocycles. The van der Waals surface area contributed by atoms with Crippen molar-refractivity contribution >= 4 is 27.9 Å². The van der Waals surface area contributed by atoms with E-state index in [-0.39, 0.29) is 35.6 Å². The van der Waals surface area contributed by atoms with Gasteiger partial charge in [0.25, 0.3) is 11.6 Å². The second-order valence-corrected chi connectivity index (χ2v) is 12.3. The number of amides is 1. The second kappa shape index (κ2) is 10.7. The summed E-state index contributed by atoms with van der Waals surface area (Å²) in [4.78, 5) is 34.5. The summed E-state index contributed by atoms with van der Waals surface area (Å²) in [5, 5.41) is 23.1. The van der Waals surface area contributed by atoms with E-state index in [0.29, 0.717) is 0 Å². The van der Waals surface area contributed by atoms with Crippen LogP contribution in [-0.2, 0) is 13.7 Å². The average molecular weight is 445 g/mol. The highest BCUT2D eigenvalue weighted by molar-refractivity contribution is 8.29. The first-order valence-corrected chi connectivity index (χ1v) is 11.8. The van der Waals surface area contributed by atoms with Crippen LogP contribution in [0.1, 0.15) is 37.6 Å². The summed E-state index contributed by atoms with van der Waals surface area (Å²) in [5.41, 5.74) is 0.125. The van der Waals surface area contributed by atoms with Crippen LogP contribution in [0.3, 0.4) is 0 Å². The van der Waals surface area contributed by atoms with E-state index in [0.717, 1.165) is 0 Å². The molecule has 0 radical (unpaired) electrons. The molecule has 0 spiro atoms. The fourth-order valence-corrected chi connectivity index (χ4v) is 3.24. The molecule has 1 amide bonds. The Morgan fingerprint density at radius 2 is 1.77 bits per heavy atom. The SMILES string of the molecule is COC[C@@H](C[C@@H](COS(C)(C)C(C)(C)C)NC(=O)c1ccc([N+](=O)[O-])cc1)C(=O)O. The van der Waals surface area contributed by atoms with Crippen LogP contribution in [0.15, 0.2) is 24.3 Å². The molecular weight excluding hydrogens is 412 g/mol. The van der Waals surface area contributed by atoms with E-state index in [1.807, 2.05) is 12.5 Å². The Kier molecular flexibility index (Phi) is 9.26. The van der Waals surface area contributed by atoms with Gasteiger partial charge in [-0.25, -0.2) is 0 Å². The molecule has 0 saturated heterocycles. The second-order valence-electron chi connectivity index (χ2n) is 8.33. The van der Waals surface area contributed by atoms with Gasteiger partial charge in [-0.05, 0) is 31.1 Å². The number of nitrogens with one attached hydrogen (secondary N) is 1. The van der Waals surface area contributed by atoms with Gasteiger partial charge in [-0.2, -0.15) is 0 Å². The Morgan fingerprint density at radius 1 is 1.20 bits per heavy atom. The summed E-state index contributed by atoms with van der Waals surface area (Å²) >= 11 is 0. The monoisotopic (exact) mass is 444 g/mol. The minimum Gasteiger partial charge on any atom is -0.481 e. The number of non-ortho nitro benzene ring substituents is 1. The summed E-state index contributed by atoms with van der Waals surface area (Å²) in [6, 6.07) is 4.65. The number of hydrogen-bond acceptors (Lipinski definition) is 6. The van der Waals surface area contributed by atoms with E-state index in [4.69, 9.17) is 8.92 Å². The third-order valence-electron chi connectivity index (χ3n) is 5.00. The smallest absolute Gasteiger partial charge is 0.308 e. The van der Waals surface area contributed by atoms with Crippen LogP contribution >= 0.6 is 10.3 Å². The lowest BCUT2D eigenvalue weighted by atomic mass is 10.0. The maximum absolute atomic E-state index is 12.7. The molecule has 10 heteroatoms. The van der Waals surface area contributed by atoms with Crippen molar-refractivity contribution in [3.8, 4) is 0 Å². The van der Waals surface area contributed by atoms with Crippen molar-refractivity contribution in [2.24, 2.45) is 5.92 Å². The number of methoxy groups -OCH3 is 1. The van der Waals surface area contributed by atoms with E-state index in [2.05, 4.69) is 26.1 Å². The van der Waals surface area contributed by atoms with E-state index in [9.17, 15) is 24.8 Å². The summed E-state index contributed by atoms with van der Waals surface area (Å²) in [6.45, 7) is 6.36. The molecule has 2 atom stereocenters. The van der Waals surface area contributed by atoms with Crippen molar-refractivity contribution < 1.29 is 28.5 Å². The molecule has 0 aromatic heterocycles. The van der Waals surface area contributed by atoms with E-state index in [1.165, 1.54) is 31.4 Å². The van der Waals surface area contributed by atoms with Gasteiger partial charge in [-0.15, -0.1) is 10.3 Å². The topological polar surface area (TPSA) is 128 Å². The largest absolute Gasteiger partial charge is 0.481 e. The summed E-state index contributed by atoms with van der Waals surface area (Å²) in [7, 11) is -0.0612. The molecule has 0 saturated carbocycles. The minimum atomic E-state index is -1.48.